The number of esters is 1. The number of nitrogens with zero attached hydrogens (tertiary/aromatic N) is 2. The molecule has 2 N–H and O–H groups in total. The summed E-state index contributed by atoms with van der Waals surface area (Å²) < 4.78 is 18.5. The third kappa shape index (κ3) is 4.51. The smallest absolute Gasteiger partial charge is 0.308 e. The van der Waals surface area contributed by atoms with Gasteiger partial charge in [0.15, 0.2) is 11.6 Å². The van der Waals surface area contributed by atoms with Crippen molar-refractivity contribution in [1.29, 1.82) is 0 Å². The maximum absolute atomic E-state index is 13.6. The minimum Gasteiger partial charge on any atom is -0.466 e. The second-order valence-corrected chi connectivity index (χ2v) is 5.82. The van der Waals surface area contributed by atoms with Crippen LogP contribution in [0.1, 0.15) is 39.0 Å². The van der Waals surface area contributed by atoms with E-state index >= 15 is 0 Å². The van der Waals surface area contributed by atoms with E-state index in [-0.39, 0.29) is 30.2 Å². The number of nitrogens with one attached hydrogen (secondary N) is 1. The quantitative estimate of drug-likeness (QED) is 0.636. The molecule has 0 aliphatic heterocycles. The summed E-state index contributed by atoms with van der Waals surface area (Å²) in [4.78, 5) is 18.9. The third-order valence-electron chi connectivity index (χ3n) is 3.66. The lowest BCUT2D eigenvalue weighted by Crippen LogP contribution is -2.42. The van der Waals surface area contributed by atoms with Gasteiger partial charge in [0.2, 0.25) is 5.28 Å². The number of halogens is 2. The average Bonchev–Trinajstić information content (AvgIpc) is 2.42. The normalized spacial score (nSPS) is 24.8. The number of hydrogen-bond donors (Lipinski definition) is 2. The molecule has 1 heterocycles. The van der Waals surface area contributed by atoms with Gasteiger partial charge in [-0.3, -0.25) is 4.79 Å². The van der Waals surface area contributed by atoms with Gasteiger partial charge in [-0.1, -0.05) is 0 Å². The molecule has 0 aromatic carbocycles. The van der Waals surface area contributed by atoms with Gasteiger partial charge in [-0.25, -0.2) is 9.37 Å². The highest BCUT2D eigenvalue weighted by molar-refractivity contribution is 6.28. The fourth-order valence-corrected chi connectivity index (χ4v) is 2.88. The topological polar surface area (TPSA) is 84.3 Å². The lowest BCUT2D eigenvalue weighted by Gasteiger charge is -2.36. The largest absolute Gasteiger partial charge is 0.466 e. The number of aliphatic hydroxyl groups is 1. The molecule has 0 bridgehead atoms. The van der Waals surface area contributed by atoms with Crippen molar-refractivity contribution in [1.82, 2.24) is 9.97 Å². The Morgan fingerprint density at radius 2 is 2.45 bits per heavy atom. The molecular weight excluding hydrogens is 313 g/mol. The lowest BCUT2D eigenvalue weighted by molar-refractivity contribution is -0.150. The molecule has 1 aliphatic rings. The van der Waals surface area contributed by atoms with Crippen LogP contribution in [-0.4, -0.2) is 39.3 Å². The van der Waals surface area contributed by atoms with Gasteiger partial charge in [-0.05, 0) is 44.2 Å². The van der Waals surface area contributed by atoms with Crippen LogP contribution in [0.5, 0.6) is 0 Å². The summed E-state index contributed by atoms with van der Waals surface area (Å²) in [6.45, 7) is 2.00. The molecule has 0 spiro atoms. The van der Waals surface area contributed by atoms with Crippen molar-refractivity contribution in [2.45, 2.75) is 50.7 Å². The molecule has 0 unspecified atom stereocenters. The summed E-state index contributed by atoms with van der Waals surface area (Å²) in [5.41, 5.74) is -1.14. The molecule has 8 heteroatoms. The zero-order valence-corrected chi connectivity index (χ0v) is 13.1. The molecule has 1 fully saturated rings. The first-order chi connectivity index (χ1) is 10.4. The number of anilines is 1. The van der Waals surface area contributed by atoms with E-state index in [1.807, 2.05) is 0 Å². The van der Waals surface area contributed by atoms with Gasteiger partial charge >= 0.3 is 5.97 Å². The molecule has 1 aromatic rings. The van der Waals surface area contributed by atoms with Crippen LogP contribution in [0.25, 0.3) is 0 Å². The molecule has 0 radical (unpaired) electrons. The Labute approximate surface area is 133 Å². The highest BCUT2D eigenvalue weighted by Crippen LogP contribution is 2.33. The number of hydrogen-bond acceptors (Lipinski definition) is 6. The Balaban J connectivity index is 2.01. The second-order valence-electron chi connectivity index (χ2n) is 5.48. The maximum atomic E-state index is 13.6. The number of carbonyl (C=O) groups is 1. The zero-order valence-electron chi connectivity index (χ0n) is 12.3. The van der Waals surface area contributed by atoms with Crippen LogP contribution in [0.3, 0.4) is 0 Å². The van der Waals surface area contributed by atoms with Crippen molar-refractivity contribution < 1.29 is 19.0 Å². The van der Waals surface area contributed by atoms with Crippen molar-refractivity contribution in [3.05, 3.63) is 17.3 Å². The summed E-state index contributed by atoms with van der Waals surface area (Å²) in [5.74, 6) is -1.03. The minimum atomic E-state index is -1.14. The highest BCUT2D eigenvalue weighted by atomic mass is 35.5. The van der Waals surface area contributed by atoms with Crippen LogP contribution in [0.2, 0.25) is 5.28 Å². The van der Waals surface area contributed by atoms with Crippen molar-refractivity contribution in [3.8, 4) is 0 Å². The van der Waals surface area contributed by atoms with E-state index in [1.165, 1.54) is 0 Å². The van der Waals surface area contributed by atoms with Gasteiger partial charge in [-0.15, -0.1) is 0 Å². The van der Waals surface area contributed by atoms with Crippen molar-refractivity contribution >= 4 is 23.4 Å². The summed E-state index contributed by atoms with van der Waals surface area (Å²) in [6.07, 6.45) is 3.21. The van der Waals surface area contributed by atoms with E-state index < -0.39 is 17.4 Å². The van der Waals surface area contributed by atoms with E-state index in [1.54, 1.807) is 6.92 Å². The molecule has 0 saturated heterocycles. The first kappa shape index (κ1) is 16.9. The van der Waals surface area contributed by atoms with E-state index in [0.717, 1.165) is 12.6 Å². The maximum Gasteiger partial charge on any atom is 0.308 e. The van der Waals surface area contributed by atoms with E-state index in [4.69, 9.17) is 16.3 Å². The van der Waals surface area contributed by atoms with Crippen LogP contribution < -0.4 is 5.32 Å². The fraction of sp³-hybridized carbons (Fsp3) is 0.643. The molecule has 1 saturated carbocycles. The number of rotatable bonds is 5. The predicted molar refractivity (Wildman–Crippen MR) is 79.1 cm³/mol. The van der Waals surface area contributed by atoms with Gasteiger partial charge in [0, 0.05) is 6.04 Å². The number of carbonyl (C=O) groups excluding carboxylic acids is 1. The fourth-order valence-electron chi connectivity index (χ4n) is 2.74. The molecule has 2 atom stereocenters. The molecule has 1 aromatic heterocycles. The summed E-state index contributed by atoms with van der Waals surface area (Å²) in [5, 5.41) is 13.4. The standard InChI is InChI=1S/C14H19ClFN3O3/c1-2-22-11(20)7-14(21)5-3-4-9(6-14)18-12-10(16)8-17-13(15)19-12/h8-9,21H,2-7H2,1H3,(H,17,18,19)/t9-,14-/m0/s1. The minimum absolute atomic E-state index is 0.00499. The van der Waals surface area contributed by atoms with Crippen LogP contribution in [0.15, 0.2) is 6.20 Å². The van der Waals surface area contributed by atoms with Gasteiger partial charge in [0.05, 0.1) is 24.8 Å². The molecule has 2 rings (SSSR count). The average molecular weight is 332 g/mol. The van der Waals surface area contributed by atoms with Crippen LogP contribution in [0.4, 0.5) is 10.2 Å². The highest BCUT2D eigenvalue weighted by Gasteiger charge is 2.37. The Morgan fingerprint density at radius 1 is 1.68 bits per heavy atom. The van der Waals surface area contributed by atoms with E-state index in [2.05, 4.69) is 15.3 Å². The van der Waals surface area contributed by atoms with Crippen LogP contribution in [-0.2, 0) is 9.53 Å². The Hall–Kier alpha value is -1.47. The van der Waals surface area contributed by atoms with Crippen LogP contribution >= 0.6 is 11.6 Å². The molecule has 1 aliphatic carbocycles. The van der Waals surface area contributed by atoms with Gasteiger partial charge in [0.1, 0.15) is 0 Å². The lowest BCUT2D eigenvalue weighted by atomic mass is 9.79. The third-order valence-corrected chi connectivity index (χ3v) is 3.84. The Bertz CT molecular complexity index is 546. The monoisotopic (exact) mass is 331 g/mol. The molecule has 6 nitrogen and oxygen atoms in total. The van der Waals surface area contributed by atoms with Crippen molar-refractivity contribution in [2.75, 3.05) is 11.9 Å². The first-order valence-electron chi connectivity index (χ1n) is 7.24. The van der Waals surface area contributed by atoms with Crippen LogP contribution in [0, 0.1) is 5.82 Å². The van der Waals surface area contributed by atoms with Gasteiger partial charge < -0.3 is 15.2 Å². The summed E-state index contributed by atoms with van der Waals surface area (Å²) in [7, 11) is 0. The Morgan fingerprint density at radius 3 is 3.18 bits per heavy atom. The van der Waals surface area contributed by atoms with E-state index in [0.29, 0.717) is 19.3 Å². The molecular formula is C14H19ClFN3O3. The predicted octanol–water partition coefficient (Wildman–Crippen LogP) is 2.31. The summed E-state index contributed by atoms with van der Waals surface area (Å²) >= 11 is 5.65. The van der Waals surface area contributed by atoms with Gasteiger partial charge in [-0.2, -0.15) is 4.98 Å². The SMILES string of the molecule is CCOC(=O)C[C@]1(O)CCC[C@H](Nc2nc(Cl)ncc2F)C1. The van der Waals surface area contributed by atoms with E-state index in [9.17, 15) is 14.3 Å². The van der Waals surface area contributed by atoms with Gasteiger partial charge in [0.25, 0.3) is 0 Å². The molecule has 0 amide bonds. The molecule has 22 heavy (non-hydrogen) atoms. The van der Waals surface area contributed by atoms with Crippen molar-refractivity contribution in [2.24, 2.45) is 0 Å². The number of ether oxygens (including phenoxy) is 1. The second kappa shape index (κ2) is 7.19. The Kier molecular flexibility index (Phi) is 5.52. The molecule has 122 valence electrons. The zero-order chi connectivity index (χ0) is 16.2. The first-order valence-corrected chi connectivity index (χ1v) is 7.62. The number of aromatic nitrogens is 2. The van der Waals surface area contributed by atoms with Crippen molar-refractivity contribution in [3.63, 3.8) is 0 Å². The summed E-state index contributed by atoms with van der Waals surface area (Å²) in [6, 6.07) is -0.200.